The van der Waals surface area contributed by atoms with Gasteiger partial charge in [0.25, 0.3) is 11.8 Å². The molecule has 0 radical (unpaired) electrons. The molecule has 1 aromatic carbocycles. The van der Waals surface area contributed by atoms with Crippen LogP contribution in [0.15, 0.2) is 63.1 Å². The molecule has 3 heterocycles. The standard InChI is InChI=1S/C21H13ClN2O7/c22-16-5-3-11(8-14(16)20(27)28)17-6-4-12(31-17)9-15-18(25)23-21(29)24(19(15)26)10-13-2-1-7-30-13/h1-9H,10H2,(H,27,28)(H,23,25,29)/b15-9-. The molecule has 31 heavy (non-hydrogen) atoms. The van der Waals surface area contributed by atoms with Crippen LogP contribution in [0.5, 0.6) is 0 Å². The lowest BCUT2D eigenvalue weighted by atomic mass is 10.1. The topological polar surface area (TPSA) is 130 Å². The number of halogens is 1. The number of benzene rings is 1. The molecule has 1 fully saturated rings. The molecule has 4 amide bonds. The molecule has 156 valence electrons. The van der Waals surface area contributed by atoms with Gasteiger partial charge in [0.2, 0.25) is 0 Å². The van der Waals surface area contributed by atoms with E-state index in [0.29, 0.717) is 17.1 Å². The largest absolute Gasteiger partial charge is 0.478 e. The number of furan rings is 2. The third-order valence-electron chi connectivity index (χ3n) is 4.47. The van der Waals surface area contributed by atoms with E-state index < -0.39 is 23.8 Å². The van der Waals surface area contributed by atoms with Gasteiger partial charge >= 0.3 is 12.0 Å². The third kappa shape index (κ3) is 3.99. The zero-order valence-corrected chi connectivity index (χ0v) is 16.4. The Kier molecular flexibility index (Phi) is 5.18. The Morgan fingerprint density at radius 3 is 2.68 bits per heavy atom. The first kappa shape index (κ1) is 20.2. The first-order chi connectivity index (χ1) is 14.8. The third-order valence-corrected chi connectivity index (χ3v) is 4.80. The van der Waals surface area contributed by atoms with E-state index in [1.165, 1.54) is 30.5 Å². The molecule has 1 aliphatic rings. The van der Waals surface area contributed by atoms with Crippen LogP contribution in [0.2, 0.25) is 5.02 Å². The van der Waals surface area contributed by atoms with E-state index in [-0.39, 0.29) is 28.5 Å². The Balaban J connectivity index is 1.62. The monoisotopic (exact) mass is 440 g/mol. The van der Waals surface area contributed by atoms with Crippen molar-refractivity contribution in [3.05, 3.63) is 76.4 Å². The molecule has 9 nitrogen and oxygen atoms in total. The number of rotatable bonds is 5. The van der Waals surface area contributed by atoms with E-state index in [0.717, 1.165) is 4.90 Å². The first-order valence-corrected chi connectivity index (χ1v) is 9.25. The molecule has 0 bridgehead atoms. The van der Waals surface area contributed by atoms with Gasteiger partial charge in [-0.15, -0.1) is 0 Å². The zero-order chi connectivity index (χ0) is 22.1. The summed E-state index contributed by atoms with van der Waals surface area (Å²) >= 11 is 5.88. The molecule has 0 atom stereocenters. The van der Waals surface area contributed by atoms with Gasteiger partial charge in [0, 0.05) is 5.56 Å². The highest BCUT2D eigenvalue weighted by atomic mass is 35.5. The molecule has 2 N–H and O–H groups in total. The fraction of sp³-hybridized carbons (Fsp3) is 0.0476. The smallest absolute Gasteiger partial charge is 0.337 e. The Labute approximate surface area is 179 Å². The maximum Gasteiger partial charge on any atom is 0.337 e. The molecule has 4 rings (SSSR count). The van der Waals surface area contributed by atoms with Gasteiger partial charge in [-0.25, -0.2) is 9.59 Å². The fourth-order valence-corrected chi connectivity index (χ4v) is 3.16. The molecule has 0 aliphatic carbocycles. The molecule has 0 unspecified atom stereocenters. The summed E-state index contributed by atoms with van der Waals surface area (Å²) in [6, 6.07) is 9.76. The van der Waals surface area contributed by atoms with Crippen LogP contribution >= 0.6 is 11.6 Å². The predicted octanol–water partition coefficient (Wildman–Crippen LogP) is 3.55. The van der Waals surface area contributed by atoms with Crippen molar-refractivity contribution in [3.8, 4) is 11.3 Å². The van der Waals surface area contributed by atoms with Gasteiger partial charge in [-0.05, 0) is 48.5 Å². The number of carboxylic acids is 1. The minimum atomic E-state index is -1.19. The van der Waals surface area contributed by atoms with E-state index in [9.17, 15) is 24.3 Å². The number of nitrogens with zero attached hydrogens (tertiary/aromatic N) is 1. The van der Waals surface area contributed by atoms with E-state index in [1.54, 1.807) is 24.3 Å². The summed E-state index contributed by atoms with van der Waals surface area (Å²) in [5, 5.41) is 11.4. The minimum absolute atomic E-state index is 0.0796. The molecule has 2 aromatic heterocycles. The number of urea groups is 1. The first-order valence-electron chi connectivity index (χ1n) is 8.88. The van der Waals surface area contributed by atoms with Gasteiger partial charge in [0.15, 0.2) is 0 Å². The Bertz CT molecular complexity index is 1240. The van der Waals surface area contributed by atoms with Crippen molar-refractivity contribution in [2.45, 2.75) is 6.54 Å². The molecule has 1 aliphatic heterocycles. The van der Waals surface area contributed by atoms with Crippen molar-refractivity contribution >= 4 is 41.5 Å². The minimum Gasteiger partial charge on any atom is -0.478 e. The van der Waals surface area contributed by atoms with Crippen LogP contribution in [0.25, 0.3) is 17.4 Å². The van der Waals surface area contributed by atoms with Gasteiger partial charge in [-0.2, -0.15) is 0 Å². The maximum atomic E-state index is 12.7. The highest BCUT2D eigenvalue weighted by Crippen LogP contribution is 2.28. The zero-order valence-electron chi connectivity index (χ0n) is 15.6. The number of imide groups is 2. The van der Waals surface area contributed by atoms with Gasteiger partial charge in [0.05, 0.1) is 23.4 Å². The van der Waals surface area contributed by atoms with E-state index in [1.807, 2.05) is 0 Å². The molecular formula is C21H13ClN2O7. The van der Waals surface area contributed by atoms with Crippen LogP contribution in [0.4, 0.5) is 4.79 Å². The number of carbonyl (C=O) groups is 4. The van der Waals surface area contributed by atoms with Crippen molar-refractivity contribution in [1.29, 1.82) is 0 Å². The average Bonchev–Trinajstić information content (AvgIpc) is 3.40. The van der Waals surface area contributed by atoms with Crippen molar-refractivity contribution in [2.24, 2.45) is 0 Å². The van der Waals surface area contributed by atoms with Crippen molar-refractivity contribution in [2.75, 3.05) is 0 Å². The fourth-order valence-electron chi connectivity index (χ4n) is 2.97. The number of amides is 4. The summed E-state index contributed by atoms with van der Waals surface area (Å²) in [5.74, 6) is -2.02. The molecule has 0 saturated carbocycles. The number of carbonyl (C=O) groups excluding carboxylic acids is 3. The average molecular weight is 441 g/mol. The van der Waals surface area contributed by atoms with Crippen LogP contribution in [-0.4, -0.2) is 33.8 Å². The van der Waals surface area contributed by atoms with Crippen LogP contribution in [0.1, 0.15) is 21.9 Å². The summed E-state index contributed by atoms with van der Waals surface area (Å²) in [5.41, 5.74) is 0.0549. The second-order valence-electron chi connectivity index (χ2n) is 6.49. The number of carboxylic acid groups (broad SMARTS) is 1. The Morgan fingerprint density at radius 2 is 1.97 bits per heavy atom. The highest BCUT2D eigenvalue weighted by molar-refractivity contribution is 6.33. The Hall–Kier alpha value is -4.11. The lowest BCUT2D eigenvalue weighted by Crippen LogP contribution is -2.53. The van der Waals surface area contributed by atoms with Crippen LogP contribution in [-0.2, 0) is 16.1 Å². The normalized spacial score (nSPS) is 15.5. The highest BCUT2D eigenvalue weighted by Gasteiger charge is 2.36. The van der Waals surface area contributed by atoms with E-state index in [2.05, 4.69) is 5.32 Å². The lowest BCUT2D eigenvalue weighted by Gasteiger charge is -2.25. The molecule has 3 aromatic rings. The van der Waals surface area contributed by atoms with E-state index in [4.69, 9.17) is 20.4 Å². The van der Waals surface area contributed by atoms with Gasteiger partial charge in [-0.1, -0.05) is 11.6 Å². The van der Waals surface area contributed by atoms with Gasteiger partial charge in [0.1, 0.15) is 22.9 Å². The number of hydrogen-bond acceptors (Lipinski definition) is 6. The summed E-state index contributed by atoms with van der Waals surface area (Å²) in [6.45, 7) is -0.144. The number of hydrogen-bond donors (Lipinski definition) is 2. The lowest BCUT2D eigenvalue weighted by molar-refractivity contribution is -0.130. The number of aromatic carboxylic acids is 1. The number of barbiturate groups is 1. The van der Waals surface area contributed by atoms with Crippen molar-refractivity contribution in [1.82, 2.24) is 10.2 Å². The van der Waals surface area contributed by atoms with Gasteiger partial charge in [-0.3, -0.25) is 19.8 Å². The summed E-state index contributed by atoms with van der Waals surface area (Å²) in [6.07, 6.45) is 2.61. The van der Waals surface area contributed by atoms with Crippen molar-refractivity contribution < 1.29 is 33.1 Å². The molecule has 10 heteroatoms. The summed E-state index contributed by atoms with van der Waals surface area (Å²) < 4.78 is 10.8. The van der Waals surface area contributed by atoms with Crippen LogP contribution < -0.4 is 5.32 Å². The summed E-state index contributed by atoms with van der Waals surface area (Å²) in [4.78, 5) is 49.1. The second kappa shape index (κ2) is 7.96. The molecular weight excluding hydrogens is 428 g/mol. The predicted molar refractivity (Wildman–Crippen MR) is 107 cm³/mol. The molecule has 1 saturated heterocycles. The SMILES string of the molecule is O=C1NC(=O)N(Cc2ccco2)C(=O)/C1=C\c1ccc(-c2ccc(Cl)c(C(=O)O)c2)o1. The maximum absolute atomic E-state index is 12.7. The van der Waals surface area contributed by atoms with E-state index >= 15 is 0 Å². The Morgan fingerprint density at radius 1 is 1.16 bits per heavy atom. The van der Waals surface area contributed by atoms with Gasteiger partial charge < -0.3 is 13.9 Å². The second-order valence-corrected chi connectivity index (χ2v) is 6.90. The molecule has 0 spiro atoms. The quantitative estimate of drug-likeness (QED) is 0.458. The van der Waals surface area contributed by atoms with Crippen LogP contribution in [0.3, 0.4) is 0 Å². The van der Waals surface area contributed by atoms with Crippen LogP contribution in [0, 0.1) is 0 Å². The summed E-state index contributed by atoms with van der Waals surface area (Å²) in [7, 11) is 0. The number of nitrogens with one attached hydrogen (secondary N) is 1. The van der Waals surface area contributed by atoms with Crippen molar-refractivity contribution in [3.63, 3.8) is 0 Å².